The van der Waals surface area contributed by atoms with E-state index in [-0.39, 0.29) is 0 Å². The summed E-state index contributed by atoms with van der Waals surface area (Å²) in [5.74, 6) is 0. The van der Waals surface area contributed by atoms with Gasteiger partial charge in [-0.15, -0.1) is 0 Å². The molecular formula is C13H15ClN2. The molecule has 0 saturated carbocycles. The largest absolute Gasteiger partial charge is 0.357 e. The Morgan fingerprint density at radius 2 is 2.00 bits per heavy atom. The predicted molar refractivity (Wildman–Crippen MR) is 67.4 cm³/mol. The van der Waals surface area contributed by atoms with E-state index in [0.29, 0.717) is 0 Å². The summed E-state index contributed by atoms with van der Waals surface area (Å²) in [6, 6.07) is 10.0. The summed E-state index contributed by atoms with van der Waals surface area (Å²) >= 11 is 6.07. The summed E-state index contributed by atoms with van der Waals surface area (Å²) in [6.07, 6.45) is 4.16. The van der Waals surface area contributed by atoms with E-state index < -0.39 is 0 Å². The van der Waals surface area contributed by atoms with Gasteiger partial charge in [-0.2, -0.15) is 0 Å². The van der Waals surface area contributed by atoms with E-state index in [9.17, 15) is 0 Å². The van der Waals surface area contributed by atoms with Gasteiger partial charge in [0.1, 0.15) is 0 Å². The van der Waals surface area contributed by atoms with Gasteiger partial charge < -0.3 is 9.88 Å². The highest BCUT2D eigenvalue weighted by atomic mass is 35.5. The van der Waals surface area contributed by atoms with Crippen LogP contribution in [-0.2, 0) is 20.1 Å². The molecule has 0 saturated heterocycles. The first-order valence-corrected chi connectivity index (χ1v) is 5.68. The fourth-order valence-corrected chi connectivity index (χ4v) is 1.85. The van der Waals surface area contributed by atoms with Crippen LogP contribution in [0.4, 0.5) is 0 Å². The molecule has 3 heteroatoms. The van der Waals surface area contributed by atoms with Gasteiger partial charge in [-0.1, -0.05) is 29.8 Å². The van der Waals surface area contributed by atoms with Gasteiger partial charge >= 0.3 is 0 Å². The molecule has 0 unspecified atom stereocenters. The van der Waals surface area contributed by atoms with E-state index in [2.05, 4.69) is 17.6 Å². The molecule has 2 nitrogen and oxygen atoms in total. The summed E-state index contributed by atoms with van der Waals surface area (Å²) in [5, 5.41) is 4.20. The zero-order chi connectivity index (χ0) is 11.4. The van der Waals surface area contributed by atoms with Crippen LogP contribution in [0.1, 0.15) is 11.1 Å². The Balaban J connectivity index is 1.87. The number of rotatable bonds is 4. The summed E-state index contributed by atoms with van der Waals surface area (Å²) in [5.41, 5.74) is 2.43. The van der Waals surface area contributed by atoms with Gasteiger partial charge in [0.05, 0.1) is 0 Å². The molecule has 0 aliphatic carbocycles. The Hall–Kier alpha value is -1.25. The van der Waals surface area contributed by atoms with Crippen molar-refractivity contribution in [1.29, 1.82) is 0 Å². The second-order valence-corrected chi connectivity index (χ2v) is 4.29. The predicted octanol–water partition coefficient (Wildman–Crippen LogP) is 2.97. The maximum absolute atomic E-state index is 6.07. The van der Waals surface area contributed by atoms with Crippen molar-refractivity contribution in [2.24, 2.45) is 7.05 Å². The van der Waals surface area contributed by atoms with Gasteiger partial charge in [0.15, 0.2) is 0 Å². The lowest BCUT2D eigenvalue weighted by molar-refractivity contribution is 0.692. The SMILES string of the molecule is Cn1ccc(CNCc2ccccc2Cl)c1. The van der Waals surface area contributed by atoms with Crippen molar-refractivity contribution in [2.75, 3.05) is 0 Å². The molecule has 1 aromatic heterocycles. The van der Waals surface area contributed by atoms with Gasteiger partial charge in [0.25, 0.3) is 0 Å². The molecule has 0 atom stereocenters. The topological polar surface area (TPSA) is 17.0 Å². The lowest BCUT2D eigenvalue weighted by atomic mass is 10.2. The third-order valence-electron chi connectivity index (χ3n) is 2.50. The van der Waals surface area contributed by atoms with E-state index in [1.807, 2.05) is 42.1 Å². The Morgan fingerprint density at radius 3 is 2.69 bits per heavy atom. The van der Waals surface area contributed by atoms with Crippen molar-refractivity contribution in [2.45, 2.75) is 13.1 Å². The van der Waals surface area contributed by atoms with Crippen molar-refractivity contribution < 1.29 is 0 Å². The Morgan fingerprint density at radius 1 is 1.19 bits per heavy atom. The number of hydrogen-bond donors (Lipinski definition) is 1. The average molecular weight is 235 g/mol. The third kappa shape index (κ3) is 2.87. The first-order valence-electron chi connectivity index (χ1n) is 5.30. The number of halogens is 1. The monoisotopic (exact) mass is 234 g/mol. The minimum absolute atomic E-state index is 0.800. The number of aryl methyl sites for hydroxylation is 1. The van der Waals surface area contributed by atoms with E-state index in [4.69, 9.17) is 11.6 Å². The smallest absolute Gasteiger partial charge is 0.0450 e. The first-order chi connectivity index (χ1) is 7.75. The molecule has 2 rings (SSSR count). The van der Waals surface area contributed by atoms with E-state index in [1.54, 1.807) is 0 Å². The number of hydrogen-bond acceptors (Lipinski definition) is 1. The molecule has 0 spiro atoms. The van der Waals surface area contributed by atoms with Crippen LogP contribution in [-0.4, -0.2) is 4.57 Å². The highest BCUT2D eigenvalue weighted by Crippen LogP contribution is 2.14. The second kappa shape index (κ2) is 5.19. The zero-order valence-corrected chi connectivity index (χ0v) is 10.0. The van der Waals surface area contributed by atoms with Gasteiger partial charge in [0, 0.05) is 37.6 Å². The molecular weight excluding hydrogens is 220 g/mol. The number of nitrogens with zero attached hydrogens (tertiary/aromatic N) is 1. The second-order valence-electron chi connectivity index (χ2n) is 3.88. The molecule has 1 heterocycles. The fraction of sp³-hybridized carbons (Fsp3) is 0.231. The Labute approximate surface area is 101 Å². The Bertz CT molecular complexity index is 462. The quantitative estimate of drug-likeness (QED) is 0.861. The summed E-state index contributed by atoms with van der Waals surface area (Å²) in [6.45, 7) is 1.67. The van der Waals surface area contributed by atoms with E-state index >= 15 is 0 Å². The lowest BCUT2D eigenvalue weighted by Gasteiger charge is -2.05. The average Bonchev–Trinajstić information content (AvgIpc) is 2.67. The summed E-state index contributed by atoms with van der Waals surface area (Å²) in [4.78, 5) is 0. The molecule has 0 bridgehead atoms. The molecule has 0 amide bonds. The van der Waals surface area contributed by atoms with Crippen LogP contribution in [0.5, 0.6) is 0 Å². The van der Waals surface area contributed by atoms with Crippen LogP contribution in [0.25, 0.3) is 0 Å². The minimum atomic E-state index is 0.800. The molecule has 2 aromatic rings. The molecule has 1 N–H and O–H groups in total. The van der Waals surface area contributed by atoms with Gasteiger partial charge in [-0.05, 0) is 23.3 Å². The van der Waals surface area contributed by atoms with Crippen LogP contribution in [0.3, 0.4) is 0 Å². The highest BCUT2D eigenvalue weighted by Gasteiger charge is 1.98. The summed E-state index contributed by atoms with van der Waals surface area (Å²) in [7, 11) is 2.03. The normalized spacial score (nSPS) is 10.6. The first kappa shape index (κ1) is 11.2. The molecule has 1 aromatic carbocycles. The van der Waals surface area contributed by atoms with Crippen LogP contribution in [0.2, 0.25) is 5.02 Å². The lowest BCUT2D eigenvalue weighted by Crippen LogP contribution is -2.12. The highest BCUT2D eigenvalue weighted by molar-refractivity contribution is 6.31. The molecule has 0 radical (unpaired) electrons. The number of benzene rings is 1. The van der Waals surface area contributed by atoms with Gasteiger partial charge in [-0.3, -0.25) is 0 Å². The van der Waals surface area contributed by atoms with Crippen LogP contribution in [0, 0.1) is 0 Å². The van der Waals surface area contributed by atoms with Gasteiger partial charge in [-0.25, -0.2) is 0 Å². The van der Waals surface area contributed by atoms with Crippen molar-refractivity contribution in [3.05, 3.63) is 58.9 Å². The van der Waals surface area contributed by atoms with E-state index in [0.717, 1.165) is 23.7 Å². The van der Waals surface area contributed by atoms with E-state index in [1.165, 1.54) is 5.56 Å². The molecule has 0 aliphatic heterocycles. The molecule has 84 valence electrons. The maximum Gasteiger partial charge on any atom is 0.0450 e. The molecule has 0 aliphatic rings. The zero-order valence-electron chi connectivity index (χ0n) is 9.28. The van der Waals surface area contributed by atoms with Crippen molar-refractivity contribution in [3.8, 4) is 0 Å². The maximum atomic E-state index is 6.07. The van der Waals surface area contributed by atoms with Crippen molar-refractivity contribution in [1.82, 2.24) is 9.88 Å². The number of aromatic nitrogens is 1. The van der Waals surface area contributed by atoms with Crippen molar-refractivity contribution in [3.63, 3.8) is 0 Å². The van der Waals surface area contributed by atoms with Crippen LogP contribution >= 0.6 is 11.6 Å². The Kier molecular flexibility index (Phi) is 3.65. The van der Waals surface area contributed by atoms with Crippen molar-refractivity contribution >= 4 is 11.6 Å². The molecule has 16 heavy (non-hydrogen) atoms. The van der Waals surface area contributed by atoms with Gasteiger partial charge in [0.2, 0.25) is 0 Å². The third-order valence-corrected chi connectivity index (χ3v) is 2.86. The summed E-state index contributed by atoms with van der Waals surface area (Å²) < 4.78 is 2.05. The van der Waals surface area contributed by atoms with Crippen LogP contribution in [0.15, 0.2) is 42.7 Å². The fourth-order valence-electron chi connectivity index (χ4n) is 1.65. The number of nitrogens with one attached hydrogen (secondary N) is 1. The van der Waals surface area contributed by atoms with Crippen LogP contribution < -0.4 is 5.32 Å². The minimum Gasteiger partial charge on any atom is -0.357 e. The standard InChI is InChI=1S/C13H15ClN2/c1-16-7-6-11(10-16)8-15-9-12-4-2-3-5-13(12)14/h2-7,10,15H,8-9H2,1H3. The molecule has 0 fully saturated rings.